The number of aromatic nitrogens is 1. The van der Waals surface area contributed by atoms with Gasteiger partial charge in [-0.05, 0) is 43.2 Å². The molecular formula is C19H26N2O3. The van der Waals surface area contributed by atoms with Gasteiger partial charge in [0, 0.05) is 31.5 Å². The van der Waals surface area contributed by atoms with Gasteiger partial charge in [0.25, 0.3) is 0 Å². The summed E-state index contributed by atoms with van der Waals surface area (Å²) in [5, 5.41) is 0. The molecule has 3 heterocycles. The van der Waals surface area contributed by atoms with Crippen molar-refractivity contribution in [3.8, 4) is 0 Å². The SMILES string of the molecule is O=C(C1CCC1)N1CC2(C1)OCC[C@@H]2CCOCc1cccnc1. The van der Waals surface area contributed by atoms with Crippen LogP contribution in [0.5, 0.6) is 0 Å². The summed E-state index contributed by atoms with van der Waals surface area (Å²) in [6, 6.07) is 3.96. The summed E-state index contributed by atoms with van der Waals surface area (Å²) in [6.45, 7) is 3.74. The molecule has 1 aromatic heterocycles. The van der Waals surface area contributed by atoms with Crippen LogP contribution >= 0.6 is 0 Å². The minimum Gasteiger partial charge on any atom is -0.377 e. The first-order valence-electron chi connectivity index (χ1n) is 9.16. The van der Waals surface area contributed by atoms with Crippen molar-refractivity contribution in [2.75, 3.05) is 26.3 Å². The summed E-state index contributed by atoms with van der Waals surface area (Å²) in [5.41, 5.74) is 1.02. The zero-order valence-corrected chi connectivity index (χ0v) is 14.2. The largest absolute Gasteiger partial charge is 0.377 e. The number of pyridine rings is 1. The number of hydrogen-bond donors (Lipinski definition) is 0. The summed E-state index contributed by atoms with van der Waals surface area (Å²) in [7, 11) is 0. The fraction of sp³-hybridized carbons (Fsp3) is 0.684. The van der Waals surface area contributed by atoms with E-state index in [0.29, 0.717) is 24.3 Å². The van der Waals surface area contributed by atoms with Gasteiger partial charge < -0.3 is 14.4 Å². The number of amides is 1. The molecule has 0 radical (unpaired) electrons. The van der Waals surface area contributed by atoms with E-state index in [-0.39, 0.29) is 5.60 Å². The Morgan fingerprint density at radius 2 is 2.25 bits per heavy atom. The Kier molecular flexibility index (Phi) is 4.55. The van der Waals surface area contributed by atoms with Crippen molar-refractivity contribution in [1.82, 2.24) is 9.88 Å². The molecular weight excluding hydrogens is 304 g/mol. The fourth-order valence-corrected chi connectivity index (χ4v) is 4.11. The Labute approximate surface area is 143 Å². The van der Waals surface area contributed by atoms with Gasteiger partial charge in [0.15, 0.2) is 0 Å². The zero-order valence-electron chi connectivity index (χ0n) is 14.2. The Morgan fingerprint density at radius 3 is 2.96 bits per heavy atom. The van der Waals surface area contributed by atoms with E-state index in [1.807, 2.05) is 23.2 Å². The Morgan fingerprint density at radius 1 is 1.38 bits per heavy atom. The minimum atomic E-state index is -0.0862. The van der Waals surface area contributed by atoms with Gasteiger partial charge in [-0.2, -0.15) is 0 Å². The average molecular weight is 330 g/mol. The van der Waals surface area contributed by atoms with Gasteiger partial charge in [0.2, 0.25) is 5.91 Å². The molecule has 0 aromatic carbocycles. The van der Waals surface area contributed by atoms with Crippen LogP contribution in [-0.2, 0) is 20.9 Å². The maximum absolute atomic E-state index is 12.3. The third-order valence-electron chi connectivity index (χ3n) is 5.89. The predicted octanol–water partition coefficient (Wildman–Crippen LogP) is 2.41. The van der Waals surface area contributed by atoms with Crippen LogP contribution < -0.4 is 0 Å². The molecule has 2 aliphatic heterocycles. The number of carbonyl (C=O) groups is 1. The van der Waals surface area contributed by atoms with E-state index in [9.17, 15) is 4.79 Å². The van der Waals surface area contributed by atoms with Gasteiger partial charge in [-0.15, -0.1) is 0 Å². The van der Waals surface area contributed by atoms with E-state index in [1.54, 1.807) is 6.20 Å². The van der Waals surface area contributed by atoms with E-state index in [4.69, 9.17) is 9.47 Å². The lowest BCUT2D eigenvalue weighted by atomic mass is 9.77. The maximum Gasteiger partial charge on any atom is 0.225 e. The molecule has 1 atom stereocenters. The first kappa shape index (κ1) is 16.0. The second kappa shape index (κ2) is 6.81. The third kappa shape index (κ3) is 3.07. The lowest BCUT2D eigenvalue weighted by Crippen LogP contribution is -2.67. The van der Waals surface area contributed by atoms with E-state index in [1.165, 1.54) is 6.42 Å². The molecule has 0 N–H and O–H groups in total. The summed E-state index contributed by atoms with van der Waals surface area (Å²) in [6.07, 6.45) is 9.08. The number of rotatable bonds is 6. The normalized spacial score (nSPS) is 25.5. The van der Waals surface area contributed by atoms with Crippen LogP contribution in [0.2, 0.25) is 0 Å². The summed E-state index contributed by atoms with van der Waals surface area (Å²) >= 11 is 0. The van der Waals surface area contributed by atoms with Gasteiger partial charge in [-0.3, -0.25) is 9.78 Å². The molecule has 3 aliphatic rings. The lowest BCUT2D eigenvalue weighted by Gasteiger charge is -2.51. The maximum atomic E-state index is 12.3. The average Bonchev–Trinajstić information content (AvgIpc) is 2.93. The predicted molar refractivity (Wildman–Crippen MR) is 89.2 cm³/mol. The fourth-order valence-electron chi connectivity index (χ4n) is 4.11. The molecule has 24 heavy (non-hydrogen) atoms. The number of ether oxygens (including phenoxy) is 2. The quantitative estimate of drug-likeness (QED) is 0.752. The van der Waals surface area contributed by atoms with Gasteiger partial charge >= 0.3 is 0 Å². The van der Waals surface area contributed by atoms with Crippen molar-refractivity contribution in [1.29, 1.82) is 0 Å². The topological polar surface area (TPSA) is 51.7 Å². The highest BCUT2D eigenvalue weighted by atomic mass is 16.5. The smallest absolute Gasteiger partial charge is 0.225 e. The summed E-state index contributed by atoms with van der Waals surface area (Å²) in [5.74, 6) is 1.16. The molecule has 1 amide bonds. The van der Waals surface area contributed by atoms with Crippen LogP contribution in [0.3, 0.4) is 0 Å². The second-order valence-electron chi connectivity index (χ2n) is 7.42. The summed E-state index contributed by atoms with van der Waals surface area (Å²) in [4.78, 5) is 18.4. The highest BCUT2D eigenvalue weighted by Crippen LogP contribution is 2.43. The van der Waals surface area contributed by atoms with E-state index in [0.717, 1.165) is 57.6 Å². The Bertz CT molecular complexity index is 567. The van der Waals surface area contributed by atoms with Crippen molar-refractivity contribution in [3.05, 3.63) is 30.1 Å². The molecule has 3 fully saturated rings. The highest BCUT2D eigenvalue weighted by Gasteiger charge is 2.54. The molecule has 4 rings (SSSR count). The molecule has 5 heteroatoms. The van der Waals surface area contributed by atoms with E-state index in [2.05, 4.69) is 4.98 Å². The van der Waals surface area contributed by atoms with Gasteiger partial charge in [-0.25, -0.2) is 0 Å². The van der Waals surface area contributed by atoms with Gasteiger partial charge in [0.1, 0.15) is 5.60 Å². The van der Waals surface area contributed by atoms with Crippen LogP contribution in [0.25, 0.3) is 0 Å². The van der Waals surface area contributed by atoms with E-state index < -0.39 is 0 Å². The third-order valence-corrected chi connectivity index (χ3v) is 5.89. The monoisotopic (exact) mass is 330 g/mol. The van der Waals surface area contributed by atoms with Crippen molar-refractivity contribution >= 4 is 5.91 Å². The molecule has 130 valence electrons. The van der Waals surface area contributed by atoms with Crippen LogP contribution in [0.1, 0.15) is 37.7 Å². The number of hydrogen-bond acceptors (Lipinski definition) is 4. The standard InChI is InChI=1S/C19H26N2O3/c22-18(16-4-1-5-16)21-13-19(14-21)17(7-10-24-19)6-9-23-12-15-3-2-8-20-11-15/h2-3,8,11,16-17H,1,4-7,9-10,12-14H2/t17-/m0/s1. The zero-order chi connectivity index (χ0) is 16.4. The molecule has 1 aliphatic carbocycles. The van der Waals surface area contributed by atoms with Crippen molar-refractivity contribution < 1.29 is 14.3 Å². The minimum absolute atomic E-state index is 0.0862. The Balaban J connectivity index is 1.22. The van der Waals surface area contributed by atoms with Gasteiger partial charge in [0.05, 0.1) is 19.7 Å². The first-order chi connectivity index (χ1) is 11.8. The first-order valence-corrected chi connectivity index (χ1v) is 9.16. The molecule has 0 bridgehead atoms. The molecule has 1 saturated carbocycles. The van der Waals surface area contributed by atoms with Crippen LogP contribution in [0, 0.1) is 11.8 Å². The molecule has 1 aromatic rings. The van der Waals surface area contributed by atoms with Crippen LogP contribution in [-0.4, -0.2) is 47.7 Å². The lowest BCUT2D eigenvalue weighted by molar-refractivity contribution is -0.172. The molecule has 5 nitrogen and oxygen atoms in total. The molecule has 1 spiro atoms. The highest BCUT2D eigenvalue weighted by molar-refractivity contribution is 5.80. The molecule has 0 unspecified atom stereocenters. The van der Waals surface area contributed by atoms with Crippen molar-refractivity contribution in [3.63, 3.8) is 0 Å². The van der Waals surface area contributed by atoms with Gasteiger partial charge in [-0.1, -0.05) is 12.5 Å². The Hall–Kier alpha value is -1.46. The van der Waals surface area contributed by atoms with Crippen LogP contribution in [0.4, 0.5) is 0 Å². The molecule has 2 saturated heterocycles. The van der Waals surface area contributed by atoms with Crippen molar-refractivity contribution in [2.24, 2.45) is 11.8 Å². The van der Waals surface area contributed by atoms with Crippen LogP contribution in [0.15, 0.2) is 24.5 Å². The van der Waals surface area contributed by atoms with Crippen molar-refractivity contribution in [2.45, 2.75) is 44.3 Å². The second-order valence-corrected chi connectivity index (χ2v) is 7.42. The summed E-state index contributed by atoms with van der Waals surface area (Å²) < 4.78 is 11.9. The van der Waals surface area contributed by atoms with E-state index >= 15 is 0 Å². The number of nitrogens with zero attached hydrogens (tertiary/aromatic N) is 2. The number of carbonyl (C=O) groups excluding carboxylic acids is 1. The number of likely N-dealkylation sites (tertiary alicyclic amines) is 1.